The first-order chi connectivity index (χ1) is 10.2. The Kier molecular flexibility index (Phi) is 4.34. The van der Waals surface area contributed by atoms with E-state index in [0.717, 1.165) is 32.2 Å². The quantitative estimate of drug-likeness (QED) is 0.732. The first kappa shape index (κ1) is 15.0. The number of nitrogens with zero attached hydrogens (tertiary/aromatic N) is 1. The summed E-state index contributed by atoms with van der Waals surface area (Å²) in [6, 6.07) is 0.318. The molecule has 1 N–H and O–H groups in total. The Balaban J connectivity index is 1.63. The zero-order valence-electron chi connectivity index (χ0n) is 13.3. The van der Waals surface area contributed by atoms with Crippen molar-refractivity contribution < 1.29 is 9.59 Å². The van der Waals surface area contributed by atoms with Gasteiger partial charge in [-0.2, -0.15) is 0 Å². The van der Waals surface area contributed by atoms with Crippen LogP contribution in [-0.4, -0.2) is 35.8 Å². The maximum Gasteiger partial charge on any atom is 0.233 e. The highest BCUT2D eigenvalue weighted by molar-refractivity contribution is 6.05. The molecule has 2 amide bonds. The first-order valence-corrected chi connectivity index (χ1v) is 8.74. The summed E-state index contributed by atoms with van der Waals surface area (Å²) in [6.45, 7) is 5.89. The Morgan fingerprint density at radius 3 is 2.24 bits per heavy atom. The van der Waals surface area contributed by atoms with E-state index < -0.39 is 0 Å². The van der Waals surface area contributed by atoms with Crippen LogP contribution in [0.5, 0.6) is 0 Å². The summed E-state index contributed by atoms with van der Waals surface area (Å²) in [5.74, 6) is 1.46. The molecule has 3 atom stereocenters. The minimum Gasteiger partial charge on any atom is -0.312 e. The first-order valence-electron chi connectivity index (χ1n) is 8.74. The van der Waals surface area contributed by atoms with E-state index in [4.69, 9.17) is 0 Å². The molecular weight excluding hydrogens is 264 g/mol. The van der Waals surface area contributed by atoms with Crippen molar-refractivity contribution in [1.82, 2.24) is 10.2 Å². The van der Waals surface area contributed by atoms with Gasteiger partial charge in [0.2, 0.25) is 11.8 Å². The number of likely N-dealkylation sites (tertiary alicyclic amines) is 1. The lowest BCUT2D eigenvalue weighted by molar-refractivity contribution is -0.141. The van der Waals surface area contributed by atoms with E-state index in [1.165, 1.54) is 12.8 Å². The van der Waals surface area contributed by atoms with Crippen LogP contribution in [0.4, 0.5) is 0 Å². The number of fused-ring (bicyclic) bond motifs is 1. The molecule has 4 heteroatoms. The molecule has 2 aliphatic carbocycles. The predicted molar refractivity (Wildman–Crippen MR) is 81.5 cm³/mol. The molecule has 21 heavy (non-hydrogen) atoms. The summed E-state index contributed by atoms with van der Waals surface area (Å²) in [5, 5.41) is 3.54. The van der Waals surface area contributed by atoms with Gasteiger partial charge >= 0.3 is 0 Å². The molecule has 1 heterocycles. The van der Waals surface area contributed by atoms with Crippen LogP contribution in [0.25, 0.3) is 0 Å². The standard InChI is InChI=1S/C17H28N2O2/c1-3-7-18-15(12-5-6-12)10-19-16(20)13-8-11(4-2)9-14(13)17(19)21/h11-15,18H,3-10H2,1-2H3. The summed E-state index contributed by atoms with van der Waals surface area (Å²) in [7, 11) is 0. The molecule has 0 bridgehead atoms. The van der Waals surface area contributed by atoms with Gasteiger partial charge in [0, 0.05) is 12.6 Å². The Bertz CT molecular complexity index is 395. The van der Waals surface area contributed by atoms with E-state index >= 15 is 0 Å². The summed E-state index contributed by atoms with van der Waals surface area (Å²) in [4.78, 5) is 26.8. The van der Waals surface area contributed by atoms with Crippen molar-refractivity contribution in [2.24, 2.45) is 23.7 Å². The van der Waals surface area contributed by atoms with Gasteiger partial charge in [-0.15, -0.1) is 0 Å². The SMILES string of the molecule is CCCNC(CN1C(=O)C2CC(CC)CC2C1=O)C1CC1. The number of imide groups is 1. The number of nitrogens with one attached hydrogen (secondary N) is 1. The Labute approximate surface area is 127 Å². The zero-order chi connectivity index (χ0) is 15.0. The number of amides is 2. The van der Waals surface area contributed by atoms with Crippen LogP contribution in [-0.2, 0) is 9.59 Å². The van der Waals surface area contributed by atoms with Gasteiger partial charge in [-0.05, 0) is 50.5 Å². The van der Waals surface area contributed by atoms with Gasteiger partial charge in [0.1, 0.15) is 0 Å². The monoisotopic (exact) mass is 292 g/mol. The van der Waals surface area contributed by atoms with Crippen LogP contribution < -0.4 is 5.32 Å². The molecule has 3 unspecified atom stereocenters. The van der Waals surface area contributed by atoms with Crippen LogP contribution in [0, 0.1) is 23.7 Å². The summed E-state index contributed by atoms with van der Waals surface area (Å²) >= 11 is 0. The highest BCUT2D eigenvalue weighted by atomic mass is 16.2. The third-order valence-electron chi connectivity index (χ3n) is 5.63. The Morgan fingerprint density at radius 2 is 1.76 bits per heavy atom. The maximum absolute atomic E-state index is 12.6. The minimum atomic E-state index is -0.00604. The normalized spacial score (nSPS) is 33.6. The molecule has 118 valence electrons. The van der Waals surface area contributed by atoms with Crippen molar-refractivity contribution in [3.05, 3.63) is 0 Å². The highest BCUT2D eigenvalue weighted by Gasteiger charge is 2.52. The van der Waals surface area contributed by atoms with Crippen LogP contribution in [0.1, 0.15) is 52.4 Å². The predicted octanol–water partition coefficient (Wildman–Crippen LogP) is 2.19. The summed E-state index contributed by atoms with van der Waals surface area (Å²) < 4.78 is 0. The lowest BCUT2D eigenvalue weighted by Gasteiger charge is -2.25. The highest BCUT2D eigenvalue weighted by Crippen LogP contribution is 2.44. The number of carbonyl (C=O) groups is 2. The van der Waals surface area contributed by atoms with Crippen LogP contribution >= 0.6 is 0 Å². The lowest BCUT2D eigenvalue weighted by atomic mass is 10.00. The summed E-state index contributed by atoms with van der Waals surface area (Å²) in [6.07, 6.45) is 6.52. The largest absolute Gasteiger partial charge is 0.312 e. The Hall–Kier alpha value is -0.900. The summed E-state index contributed by atoms with van der Waals surface area (Å²) in [5.41, 5.74) is 0. The second-order valence-corrected chi connectivity index (χ2v) is 7.14. The number of rotatable bonds is 7. The van der Waals surface area contributed by atoms with Gasteiger partial charge in [0.25, 0.3) is 0 Å². The molecule has 1 saturated heterocycles. The fourth-order valence-electron chi connectivity index (χ4n) is 4.12. The molecule has 2 saturated carbocycles. The maximum atomic E-state index is 12.6. The van der Waals surface area contributed by atoms with Crippen molar-refractivity contribution >= 4 is 11.8 Å². The fraction of sp³-hybridized carbons (Fsp3) is 0.882. The van der Waals surface area contributed by atoms with Gasteiger partial charge in [0.15, 0.2) is 0 Å². The fourth-order valence-corrected chi connectivity index (χ4v) is 4.12. The van der Waals surface area contributed by atoms with Crippen LogP contribution in [0.3, 0.4) is 0 Å². The van der Waals surface area contributed by atoms with E-state index in [1.54, 1.807) is 4.90 Å². The average Bonchev–Trinajstić information content (AvgIpc) is 3.20. The zero-order valence-corrected chi connectivity index (χ0v) is 13.3. The molecule has 1 aliphatic heterocycles. The van der Waals surface area contributed by atoms with Crippen molar-refractivity contribution in [1.29, 1.82) is 0 Å². The number of hydrogen-bond acceptors (Lipinski definition) is 3. The third-order valence-corrected chi connectivity index (χ3v) is 5.63. The van der Waals surface area contributed by atoms with E-state index in [2.05, 4.69) is 19.2 Å². The molecule has 0 radical (unpaired) electrons. The lowest BCUT2D eigenvalue weighted by Crippen LogP contribution is -2.45. The Morgan fingerprint density at radius 1 is 1.14 bits per heavy atom. The van der Waals surface area contributed by atoms with Crippen molar-refractivity contribution in [3.63, 3.8) is 0 Å². The van der Waals surface area contributed by atoms with E-state index in [9.17, 15) is 9.59 Å². The van der Waals surface area contributed by atoms with Crippen LogP contribution in [0.2, 0.25) is 0 Å². The molecule has 0 spiro atoms. The van der Waals surface area contributed by atoms with Crippen molar-refractivity contribution in [3.8, 4) is 0 Å². The van der Waals surface area contributed by atoms with E-state index in [0.29, 0.717) is 24.4 Å². The third kappa shape index (κ3) is 2.87. The van der Waals surface area contributed by atoms with Gasteiger partial charge in [0.05, 0.1) is 11.8 Å². The molecule has 3 fully saturated rings. The van der Waals surface area contributed by atoms with E-state index in [1.807, 2.05) is 0 Å². The second-order valence-electron chi connectivity index (χ2n) is 7.14. The number of carbonyl (C=O) groups excluding carboxylic acids is 2. The smallest absolute Gasteiger partial charge is 0.233 e. The molecular formula is C17H28N2O2. The van der Waals surface area contributed by atoms with Gasteiger partial charge in [-0.3, -0.25) is 14.5 Å². The van der Waals surface area contributed by atoms with Crippen LogP contribution in [0.15, 0.2) is 0 Å². The van der Waals surface area contributed by atoms with Gasteiger partial charge in [-0.25, -0.2) is 0 Å². The average molecular weight is 292 g/mol. The molecule has 0 aromatic rings. The number of hydrogen-bond donors (Lipinski definition) is 1. The van der Waals surface area contributed by atoms with Crippen molar-refractivity contribution in [2.45, 2.75) is 58.4 Å². The van der Waals surface area contributed by atoms with Crippen molar-refractivity contribution in [2.75, 3.05) is 13.1 Å². The van der Waals surface area contributed by atoms with Gasteiger partial charge in [-0.1, -0.05) is 20.3 Å². The van der Waals surface area contributed by atoms with Gasteiger partial charge < -0.3 is 5.32 Å². The molecule has 4 nitrogen and oxygen atoms in total. The molecule has 3 rings (SSSR count). The van der Waals surface area contributed by atoms with E-state index in [-0.39, 0.29) is 23.7 Å². The molecule has 0 aromatic carbocycles. The minimum absolute atomic E-state index is 0.00604. The molecule has 0 aromatic heterocycles. The second kappa shape index (κ2) is 6.07. The molecule has 3 aliphatic rings. The topological polar surface area (TPSA) is 49.4 Å².